The van der Waals surface area contributed by atoms with Crippen LogP contribution in [0.5, 0.6) is 0 Å². The molecule has 1 heterocycles. The van der Waals surface area contributed by atoms with Gasteiger partial charge in [-0.05, 0) is 32.9 Å². The minimum absolute atomic E-state index is 0.0538. The second-order valence-corrected chi connectivity index (χ2v) is 7.04. The second-order valence-electron chi connectivity index (χ2n) is 7.04. The number of nitrogens with one attached hydrogen (secondary N) is 1. The van der Waals surface area contributed by atoms with Gasteiger partial charge in [-0.1, -0.05) is 24.3 Å². The number of esters is 2. The Morgan fingerprint density at radius 3 is 2.41 bits per heavy atom. The predicted molar refractivity (Wildman–Crippen MR) is 97.4 cm³/mol. The molecule has 0 saturated carbocycles. The van der Waals surface area contributed by atoms with E-state index in [-0.39, 0.29) is 5.69 Å². The van der Waals surface area contributed by atoms with Crippen LogP contribution in [0.1, 0.15) is 37.7 Å². The lowest BCUT2D eigenvalue weighted by Crippen LogP contribution is -2.46. The number of ether oxygens (including phenoxy) is 1. The van der Waals surface area contributed by atoms with E-state index < -0.39 is 41.6 Å². The van der Waals surface area contributed by atoms with Crippen molar-refractivity contribution in [3.63, 3.8) is 0 Å². The van der Waals surface area contributed by atoms with Gasteiger partial charge in [0.05, 0.1) is 17.4 Å². The summed E-state index contributed by atoms with van der Waals surface area (Å²) in [5, 5.41) is 3.20. The number of pyridine rings is 1. The Balaban J connectivity index is 2.18. The van der Waals surface area contributed by atoms with Gasteiger partial charge in [-0.2, -0.15) is 0 Å². The maximum atomic E-state index is 12.4. The number of fused-ring (bicyclic) bond motifs is 1. The van der Waals surface area contributed by atoms with Crippen LogP contribution in [0.3, 0.4) is 0 Å². The zero-order valence-corrected chi connectivity index (χ0v) is 15.3. The molecular formula is C19H21N3O5. The summed E-state index contributed by atoms with van der Waals surface area (Å²) in [6, 6.07) is 9.01. The molecule has 0 spiro atoms. The first-order valence-electron chi connectivity index (χ1n) is 8.29. The third-order valence-corrected chi connectivity index (χ3v) is 3.63. The zero-order chi connectivity index (χ0) is 20.2. The Morgan fingerprint density at radius 2 is 1.78 bits per heavy atom. The van der Waals surface area contributed by atoms with Gasteiger partial charge >= 0.3 is 11.9 Å². The van der Waals surface area contributed by atoms with Crippen LogP contribution in [0.15, 0.2) is 36.4 Å². The van der Waals surface area contributed by atoms with Crippen molar-refractivity contribution in [1.29, 1.82) is 0 Å². The molecule has 2 aromatic rings. The summed E-state index contributed by atoms with van der Waals surface area (Å²) in [4.78, 5) is 52.0. The van der Waals surface area contributed by atoms with Crippen molar-refractivity contribution in [2.75, 3.05) is 0 Å². The van der Waals surface area contributed by atoms with Crippen molar-refractivity contribution in [3.8, 4) is 0 Å². The van der Waals surface area contributed by atoms with Crippen LogP contribution < -0.4 is 11.1 Å². The lowest BCUT2D eigenvalue weighted by atomic mass is 9.97. The van der Waals surface area contributed by atoms with Crippen molar-refractivity contribution in [2.45, 2.75) is 33.2 Å². The lowest BCUT2D eigenvalue weighted by molar-refractivity contribution is -0.167. The maximum Gasteiger partial charge on any atom is 0.336 e. The lowest BCUT2D eigenvalue weighted by Gasteiger charge is -2.19. The number of hydrogen-bond donors (Lipinski definition) is 2. The maximum absolute atomic E-state index is 12.4. The van der Waals surface area contributed by atoms with Crippen molar-refractivity contribution < 1.29 is 23.9 Å². The van der Waals surface area contributed by atoms with Crippen molar-refractivity contribution >= 4 is 34.7 Å². The Labute approximate surface area is 156 Å². The van der Waals surface area contributed by atoms with E-state index in [1.165, 1.54) is 6.07 Å². The van der Waals surface area contributed by atoms with Gasteiger partial charge in [0.2, 0.25) is 5.91 Å². The largest absolute Gasteiger partial charge is 0.391 e. The molecule has 0 aliphatic carbocycles. The standard InChI is InChI=1S/C19H21N3O5/c1-19(2,3)18(26)27-17(25)14(10-15(20)23)22-16(24)13-9-8-11-6-4-5-7-12(11)21-13/h4-9,14H,10H2,1-3H3,(H2,20,23)(H,22,24)/t14-/m0/s1. The van der Waals surface area contributed by atoms with Gasteiger partial charge in [0.25, 0.3) is 5.91 Å². The normalized spacial score (nSPS) is 12.3. The molecule has 2 amide bonds. The first-order valence-corrected chi connectivity index (χ1v) is 8.29. The van der Waals surface area contributed by atoms with Crippen molar-refractivity contribution in [2.24, 2.45) is 11.1 Å². The molecule has 0 unspecified atom stereocenters. The summed E-state index contributed by atoms with van der Waals surface area (Å²) >= 11 is 0. The molecule has 27 heavy (non-hydrogen) atoms. The fourth-order valence-corrected chi connectivity index (χ4v) is 2.13. The summed E-state index contributed by atoms with van der Waals surface area (Å²) in [5.74, 6) is -3.35. The fourth-order valence-electron chi connectivity index (χ4n) is 2.13. The third kappa shape index (κ3) is 5.34. The molecule has 1 aromatic carbocycles. The number of rotatable bonds is 5. The van der Waals surface area contributed by atoms with Crippen molar-refractivity contribution in [1.82, 2.24) is 10.3 Å². The van der Waals surface area contributed by atoms with Crippen LogP contribution in [0.2, 0.25) is 0 Å². The molecule has 0 fully saturated rings. The predicted octanol–water partition coefficient (Wildman–Crippen LogP) is 1.32. The fraction of sp³-hybridized carbons (Fsp3) is 0.316. The molecule has 0 radical (unpaired) electrons. The number of hydrogen-bond acceptors (Lipinski definition) is 6. The number of benzene rings is 1. The number of nitrogens with zero attached hydrogens (tertiary/aromatic N) is 1. The molecule has 0 bridgehead atoms. The highest BCUT2D eigenvalue weighted by Gasteiger charge is 2.31. The average molecular weight is 371 g/mol. The van der Waals surface area contributed by atoms with Gasteiger partial charge in [0, 0.05) is 5.39 Å². The number of primary amides is 1. The van der Waals surface area contributed by atoms with Gasteiger partial charge in [-0.3, -0.25) is 14.4 Å². The minimum atomic E-state index is -1.39. The van der Waals surface area contributed by atoms with Gasteiger partial charge in [0.15, 0.2) is 0 Å². The van der Waals surface area contributed by atoms with Crippen LogP contribution in [0, 0.1) is 5.41 Å². The molecule has 8 heteroatoms. The minimum Gasteiger partial charge on any atom is -0.391 e. The molecule has 142 valence electrons. The summed E-state index contributed by atoms with van der Waals surface area (Å²) in [5.41, 5.74) is 4.87. The summed E-state index contributed by atoms with van der Waals surface area (Å²) in [7, 11) is 0. The number of nitrogens with two attached hydrogens (primary N) is 1. The Hall–Kier alpha value is -3.29. The number of carbonyl (C=O) groups excluding carboxylic acids is 4. The smallest absolute Gasteiger partial charge is 0.336 e. The highest BCUT2D eigenvalue weighted by atomic mass is 16.6. The molecule has 1 aromatic heterocycles. The average Bonchev–Trinajstić information content (AvgIpc) is 2.59. The highest BCUT2D eigenvalue weighted by Crippen LogP contribution is 2.16. The van der Waals surface area contributed by atoms with Gasteiger partial charge < -0.3 is 15.8 Å². The Bertz CT molecular complexity index is 902. The highest BCUT2D eigenvalue weighted by molar-refractivity contribution is 6.00. The molecule has 0 aliphatic heterocycles. The number of amides is 2. The van der Waals surface area contributed by atoms with Crippen LogP contribution in [-0.2, 0) is 19.1 Å². The quantitative estimate of drug-likeness (QED) is 0.602. The van der Waals surface area contributed by atoms with Crippen LogP contribution in [0.25, 0.3) is 10.9 Å². The molecule has 0 aliphatic rings. The second kappa shape index (κ2) is 7.94. The van der Waals surface area contributed by atoms with E-state index in [0.717, 1.165) is 5.39 Å². The van der Waals surface area contributed by atoms with Gasteiger partial charge in [-0.25, -0.2) is 9.78 Å². The SMILES string of the molecule is CC(C)(C)C(=O)OC(=O)[C@H](CC(N)=O)NC(=O)c1ccc2ccccc2n1. The van der Waals surface area contributed by atoms with Crippen molar-refractivity contribution in [3.05, 3.63) is 42.1 Å². The first kappa shape index (κ1) is 20.0. The van der Waals surface area contributed by atoms with E-state index in [9.17, 15) is 19.2 Å². The molecule has 8 nitrogen and oxygen atoms in total. The van der Waals surface area contributed by atoms with Crippen LogP contribution in [-0.4, -0.2) is 34.8 Å². The molecular weight excluding hydrogens is 350 g/mol. The zero-order valence-electron chi connectivity index (χ0n) is 15.3. The summed E-state index contributed by atoms with van der Waals surface area (Å²) in [6.45, 7) is 4.72. The van der Waals surface area contributed by atoms with Crippen LogP contribution in [0.4, 0.5) is 0 Å². The monoisotopic (exact) mass is 371 g/mol. The van der Waals surface area contributed by atoms with E-state index in [1.54, 1.807) is 39.0 Å². The van der Waals surface area contributed by atoms with Crippen LogP contribution >= 0.6 is 0 Å². The molecule has 3 N–H and O–H groups in total. The first-order chi connectivity index (χ1) is 12.6. The van der Waals surface area contributed by atoms with E-state index >= 15 is 0 Å². The van der Waals surface area contributed by atoms with E-state index in [4.69, 9.17) is 10.5 Å². The summed E-state index contributed by atoms with van der Waals surface area (Å²) < 4.78 is 4.76. The molecule has 0 saturated heterocycles. The molecule has 1 atom stereocenters. The number of para-hydroxylation sites is 1. The summed E-state index contributed by atoms with van der Waals surface area (Å²) in [6.07, 6.45) is -0.504. The topological polar surface area (TPSA) is 128 Å². The van der Waals surface area contributed by atoms with E-state index in [0.29, 0.717) is 5.52 Å². The third-order valence-electron chi connectivity index (χ3n) is 3.63. The Kier molecular flexibility index (Phi) is 5.89. The van der Waals surface area contributed by atoms with E-state index in [2.05, 4.69) is 10.3 Å². The van der Waals surface area contributed by atoms with E-state index in [1.807, 2.05) is 12.1 Å². The van der Waals surface area contributed by atoms with Gasteiger partial charge in [-0.15, -0.1) is 0 Å². The molecule has 2 rings (SSSR count). The van der Waals surface area contributed by atoms with Gasteiger partial charge in [0.1, 0.15) is 11.7 Å². The number of carbonyl (C=O) groups is 4. The Morgan fingerprint density at radius 1 is 1.11 bits per heavy atom. The number of aromatic nitrogens is 1.